The summed E-state index contributed by atoms with van der Waals surface area (Å²) < 4.78 is 2.00. The van der Waals surface area contributed by atoms with Crippen molar-refractivity contribution in [1.82, 2.24) is 20.1 Å². The van der Waals surface area contributed by atoms with Crippen LogP contribution in [0, 0.1) is 6.92 Å². The third kappa shape index (κ3) is 3.41. The summed E-state index contributed by atoms with van der Waals surface area (Å²) in [4.78, 5) is 4.49. The maximum Gasteiger partial charge on any atom is 0.0782 e. The van der Waals surface area contributed by atoms with Crippen molar-refractivity contribution >= 4 is 0 Å². The molecule has 4 heteroatoms. The topological polar surface area (TPSA) is 42.7 Å². The summed E-state index contributed by atoms with van der Waals surface area (Å²) in [5, 5.41) is 7.89. The van der Waals surface area contributed by atoms with Gasteiger partial charge in [0.2, 0.25) is 0 Å². The van der Waals surface area contributed by atoms with Crippen LogP contribution in [0.3, 0.4) is 0 Å². The van der Waals surface area contributed by atoms with Gasteiger partial charge in [-0.1, -0.05) is 13.8 Å². The summed E-state index contributed by atoms with van der Waals surface area (Å²) in [5.41, 5.74) is 3.46. The average molecular weight is 258 g/mol. The molecule has 1 atom stereocenters. The van der Waals surface area contributed by atoms with Gasteiger partial charge in [0, 0.05) is 24.5 Å². The summed E-state index contributed by atoms with van der Waals surface area (Å²) in [5.74, 6) is 0. The Bertz CT molecular complexity index is 518. The Morgan fingerprint density at radius 1 is 1.37 bits per heavy atom. The fraction of sp³-hybridized carbons (Fsp3) is 0.467. The van der Waals surface area contributed by atoms with Gasteiger partial charge in [0.15, 0.2) is 0 Å². The van der Waals surface area contributed by atoms with Crippen molar-refractivity contribution in [2.24, 2.45) is 0 Å². The number of aryl methyl sites for hydroxylation is 2. The Hall–Kier alpha value is -1.68. The molecule has 1 unspecified atom stereocenters. The van der Waals surface area contributed by atoms with Crippen LogP contribution in [0.2, 0.25) is 0 Å². The fourth-order valence-electron chi connectivity index (χ4n) is 2.19. The van der Waals surface area contributed by atoms with Gasteiger partial charge in [-0.15, -0.1) is 0 Å². The first-order valence-corrected chi connectivity index (χ1v) is 6.92. The van der Waals surface area contributed by atoms with E-state index in [1.54, 1.807) is 0 Å². The van der Waals surface area contributed by atoms with Gasteiger partial charge >= 0.3 is 0 Å². The van der Waals surface area contributed by atoms with E-state index in [4.69, 9.17) is 0 Å². The van der Waals surface area contributed by atoms with Crippen LogP contribution < -0.4 is 5.32 Å². The first kappa shape index (κ1) is 13.7. The van der Waals surface area contributed by atoms with Crippen LogP contribution in [0.1, 0.15) is 43.1 Å². The van der Waals surface area contributed by atoms with Crippen molar-refractivity contribution in [2.75, 3.05) is 6.54 Å². The highest BCUT2D eigenvalue weighted by atomic mass is 15.3. The molecule has 0 bridgehead atoms. The monoisotopic (exact) mass is 258 g/mol. The van der Waals surface area contributed by atoms with Crippen molar-refractivity contribution < 1.29 is 0 Å². The minimum absolute atomic E-state index is 0.121. The molecule has 0 saturated carbocycles. The fourth-order valence-corrected chi connectivity index (χ4v) is 2.19. The van der Waals surface area contributed by atoms with E-state index in [9.17, 15) is 0 Å². The normalized spacial score (nSPS) is 12.6. The molecule has 0 aromatic carbocycles. The zero-order chi connectivity index (χ0) is 13.7. The molecule has 4 nitrogen and oxygen atoms in total. The second kappa shape index (κ2) is 6.48. The summed E-state index contributed by atoms with van der Waals surface area (Å²) in [6, 6.07) is 4.27. The Morgan fingerprint density at radius 3 is 2.89 bits per heavy atom. The van der Waals surface area contributed by atoms with Crippen LogP contribution in [0.15, 0.2) is 30.7 Å². The van der Waals surface area contributed by atoms with Crippen LogP contribution in [0.25, 0.3) is 0 Å². The standard InChI is InChI=1S/C15H22N4/c1-4-8-19-11-13(10-18-19)15(16-5-2)14-9-12(3)6-7-17-14/h6-7,9-11,15-16H,4-5,8H2,1-3H3. The summed E-state index contributed by atoms with van der Waals surface area (Å²) in [6.07, 6.45) is 7.01. The molecule has 0 spiro atoms. The minimum Gasteiger partial charge on any atom is -0.305 e. The summed E-state index contributed by atoms with van der Waals surface area (Å²) in [7, 11) is 0. The molecule has 2 heterocycles. The largest absolute Gasteiger partial charge is 0.305 e. The predicted octanol–water partition coefficient (Wildman–Crippen LogP) is 2.70. The summed E-state index contributed by atoms with van der Waals surface area (Å²) >= 11 is 0. The summed E-state index contributed by atoms with van der Waals surface area (Å²) in [6.45, 7) is 8.22. The van der Waals surface area contributed by atoms with Gasteiger partial charge in [0.25, 0.3) is 0 Å². The number of hydrogen-bond donors (Lipinski definition) is 1. The average Bonchev–Trinajstić information content (AvgIpc) is 2.85. The maximum absolute atomic E-state index is 4.49. The van der Waals surface area contributed by atoms with E-state index in [-0.39, 0.29) is 6.04 Å². The first-order chi connectivity index (χ1) is 9.24. The number of pyridine rings is 1. The van der Waals surface area contributed by atoms with E-state index in [2.05, 4.69) is 48.4 Å². The Morgan fingerprint density at radius 2 is 2.21 bits per heavy atom. The third-order valence-electron chi connectivity index (χ3n) is 3.08. The zero-order valence-electron chi connectivity index (χ0n) is 11.9. The first-order valence-electron chi connectivity index (χ1n) is 6.92. The molecule has 19 heavy (non-hydrogen) atoms. The van der Waals surface area contributed by atoms with E-state index < -0.39 is 0 Å². The van der Waals surface area contributed by atoms with Crippen molar-refractivity contribution in [3.05, 3.63) is 47.5 Å². The Balaban J connectivity index is 2.28. The van der Waals surface area contributed by atoms with E-state index in [1.165, 1.54) is 11.1 Å². The second-order valence-corrected chi connectivity index (χ2v) is 4.79. The van der Waals surface area contributed by atoms with Gasteiger partial charge in [-0.3, -0.25) is 9.67 Å². The second-order valence-electron chi connectivity index (χ2n) is 4.79. The number of nitrogens with zero attached hydrogens (tertiary/aromatic N) is 3. The minimum atomic E-state index is 0.121. The lowest BCUT2D eigenvalue weighted by Gasteiger charge is -2.16. The number of nitrogens with one attached hydrogen (secondary N) is 1. The van der Waals surface area contributed by atoms with Gasteiger partial charge in [-0.05, 0) is 37.6 Å². The molecule has 0 aliphatic carbocycles. The van der Waals surface area contributed by atoms with Crippen molar-refractivity contribution in [3.63, 3.8) is 0 Å². The number of hydrogen-bond acceptors (Lipinski definition) is 3. The van der Waals surface area contributed by atoms with Gasteiger partial charge < -0.3 is 5.32 Å². The van der Waals surface area contributed by atoms with Gasteiger partial charge in [0.05, 0.1) is 17.9 Å². The van der Waals surface area contributed by atoms with Crippen LogP contribution in [0.5, 0.6) is 0 Å². The van der Waals surface area contributed by atoms with Crippen LogP contribution in [0.4, 0.5) is 0 Å². The van der Waals surface area contributed by atoms with Crippen molar-refractivity contribution in [3.8, 4) is 0 Å². The maximum atomic E-state index is 4.49. The van der Waals surface area contributed by atoms with E-state index in [1.807, 2.05) is 23.1 Å². The van der Waals surface area contributed by atoms with Crippen LogP contribution >= 0.6 is 0 Å². The van der Waals surface area contributed by atoms with E-state index in [0.717, 1.165) is 25.2 Å². The van der Waals surface area contributed by atoms with Gasteiger partial charge in [-0.25, -0.2) is 0 Å². The molecule has 0 radical (unpaired) electrons. The van der Waals surface area contributed by atoms with E-state index >= 15 is 0 Å². The third-order valence-corrected chi connectivity index (χ3v) is 3.08. The molecular weight excluding hydrogens is 236 g/mol. The number of rotatable bonds is 6. The molecule has 0 aliphatic heterocycles. The molecular formula is C15H22N4. The molecule has 2 aromatic heterocycles. The lowest BCUT2D eigenvalue weighted by atomic mass is 10.1. The lowest BCUT2D eigenvalue weighted by molar-refractivity contribution is 0.594. The van der Waals surface area contributed by atoms with E-state index in [0.29, 0.717) is 0 Å². The molecule has 1 N–H and O–H groups in total. The Kier molecular flexibility index (Phi) is 4.68. The molecule has 0 saturated heterocycles. The van der Waals surface area contributed by atoms with Crippen LogP contribution in [-0.4, -0.2) is 21.3 Å². The van der Waals surface area contributed by atoms with Crippen LogP contribution in [-0.2, 0) is 6.54 Å². The lowest BCUT2D eigenvalue weighted by Crippen LogP contribution is -2.22. The predicted molar refractivity (Wildman–Crippen MR) is 77.0 cm³/mol. The zero-order valence-corrected chi connectivity index (χ0v) is 11.9. The highest BCUT2D eigenvalue weighted by molar-refractivity contribution is 5.26. The molecule has 0 amide bonds. The Labute approximate surface area is 114 Å². The van der Waals surface area contributed by atoms with Crippen molar-refractivity contribution in [1.29, 1.82) is 0 Å². The highest BCUT2D eigenvalue weighted by Crippen LogP contribution is 2.20. The smallest absolute Gasteiger partial charge is 0.0782 e. The van der Waals surface area contributed by atoms with Gasteiger partial charge in [-0.2, -0.15) is 5.10 Å². The number of aromatic nitrogens is 3. The molecule has 2 rings (SSSR count). The van der Waals surface area contributed by atoms with Gasteiger partial charge in [0.1, 0.15) is 0 Å². The SMILES string of the molecule is CCCn1cc(C(NCC)c2cc(C)ccn2)cn1. The quantitative estimate of drug-likeness (QED) is 0.866. The molecule has 0 aliphatic rings. The molecule has 0 fully saturated rings. The molecule has 2 aromatic rings. The van der Waals surface area contributed by atoms with Crippen molar-refractivity contribution in [2.45, 2.75) is 39.8 Å². The highest BCUT2D eigenvalue weighted by Gasteiger charge is 2.16. The molecule has 102 valence electrons.